The molecule has 0 fully saturated rings. The molecule has 1 aromatic heterocycles. The summed E-state index contributed by atoms with van der Waals surface area (Å²) in [5, 5.41) is 6.93. The molecule has 0 aliphatic carbocycles. The molecule has 1 aromatic rings. The molecule has 3 heteroatoms. The van der Waals surface area contributed by atoms with Crippen molar-refractivity contribution in [2.75, 3.05) is 18.4 Å². The maximum absolute atomic E-state index is 4.62. The lowest BCUT2D eigenvalue weighted by Crippen LogP contribution is -2.21. The topological polar surface area (TPSA) is 37.0 Å². The summed E-state index contributed by atoms with van der Waals surface area (Å²) >= 11 is 0. The maximum atomic E-state index is 4.62. The van der Waals surface area contributed by atoms with Crippen LogP contribution in [0.3, 0.4) is 0 Å². The van der Waals surface area contributed by atoms with Crippen molar-refractivity contribution in [1.29, 1.82) is 0 Å². The smallest absolute Gasteiger partial charge is 0.131 e. The molecule has 0 amide bonds. The summed E-state index contributed by atoms with van der Waals surface area (Å²) in [6.07, 6.45) is 1.12. The molecular weight excluding hydrogens is 222 g/mol. The Labute approximate surface area is 111 Å². The number of nitrogens with one attached hydrogen (secondary N) is 2. The second-order valence-electron chi connectivity index (χ2n) is 5.36. The van der Waals surface area contributed by atoms with Gasteiger partial charge in [-0.1, -0.05) is 20.8 Å². The molecule has 0 aliphatic rings. The van der Waals surface area contributed by atoms with E-state index >= 15 is 0 Å². The number of anilines is 1. The van der Waals surface area contributed by atoms with E-state index in [0.717, 1.165) is 37.6 Å². The van der Waals surface area contributed by atoms with Crippen LogP contribution in [0.5, 0.6) is 0 Å². The van der Waals surface area contributed by atoms with Gasteiger partial charge in [0.15, 0.2) is 0 Å². The highest BCUT2D eigenvalue weighted by molar-refractivity contribution is 5.49. The highest BCUT2D eigenvalue weighted by Crippen LogP contribution is 2.18. The summed E-state index contributed by atoms with van der Waals surface area (Å²) in [4.78, 5) is 4.62. The van der Waals surface area contributed by atoms with Crippen molar-refractivity contribution in [3.63, 3.8) is 0 Å². The molecule has 3 nitrogen and oxygen atoms in total. The molecule has 0 spiro atoms. The van der Waals surface area contributed by atoms with Gasteiger partial charge in [0.2, 0.25) is 0 Å². The molecule has 0 atom stereocenters. The number of aromatic nitrogens is 1. The first-order chi connectivity index (χ1) is 8.54. The molecular formula is C15H27N3. The molecule has 18 heavy (non-hydrogen) atoms. The van der Waals surface area contributed by atoms with Gasteiger partial charge in [-0.05, 0) is 44.4 Å². The SMILES string of the molecule is CCCNc1nc(C)cc(C)c1CNCC(C)C. The third-order valence-electron chi connectivity index (χ3n) is 2.87. The summed E-state index contributed by atoms with van der Waals surface area (Å²) in [6, 6.07) is 2.16. The standard InChI is InChI=1S/C15H27N3/c1-6-7-17-15-14(10-16-9-11(2)3)12(4)8-13(5)18-15/h8,11,16H,6-7,9-10H2,1-5H3,(H,17,18). The van der Waals surface area contributed by atoms with E-state index < -0.39 is 0 Å². The van der Waals surface area contributed by atoms with Crippen LogP contribution in [-0.4, -0.2) is 18.1 Å². The van der Waals surface area contributed by atoms with Crippen LogP contribution in [0.1, 0.15) is 44.0 Å². The quantitative estimate of drug-likeness (QED) is 0.779. The predicted molar refractivity (Wildman–Crippen MR) is 79.0 cm³/mol. The summed E-state index contributed by atoms with van der Waals surface area (Å²) in [7, 11) is 0. The third-order valence-corrected chi connectivity index (χ3v) is 2.87. The van der Waals surface area contributed by atoms with Crippen LogP contribution in [-0.2, 0) is 6.54 Å². The highest BCUT2D eigenvalue weighted by atomic mass is 15.0. The van der Waals surface area contributed by atoms with Crippen LogP contribution in [0, 0.1) is 19.8 Å². The lowest BCUT2D eigenvalue weighted by Gasteiger charge is -2.15. The maximum Gasteiger partial charge on any atom is 0.131 e. The third kappa shape index (κ3) is 4.65. The van der Waals surface area contributed by atoms with Crippen molar-refractivity contribution in [2.24, 2.45) is 5.92 Å². The number of hydrogen-bond donors (Lipinski definition) is 2. The summed E-state index contributed by atoms with van der Waals surface area (Å²) in [5.41, 5.74) is 3.70. The average Bonchev–Trinajstić information content (AvgIpc) is 2.28. The van der Waals surface area contributed by atoms with E-state index in [4.69, 9.17) is 0 Å². The fraction of sp³-hybridized carbons (Fsp3) is 0.667. The normalized spacial score (nSPS) is 11.0. The second kappa shape index (κ2) is 7.37. The van der Waals surface area contributed by atoms with Gasteiger partial charge in [0, 0.05) is 24.3 Å². The van der Waals surface area contributed by atoms with E-state index in [1.165, 1.54) is 11.1 Å². The molecule has 0 bridgehead atoms. The molecule has 1 heterocycles. The van der Waals surface area contributed by atoms with Gasteiger partial charge in [-0.25, -0.2) is 4.98 Å². The number of hydrogen-bond acceptors (Lipinski definition) is 3. The molecule has 0 unspecified atom stereocenters. The van der Waals surface area contributed by atoms with Gasteiger partial charge >= 0.3 is 0 Å². The van der Waals surface area contributed by atoms with Gasteiger partial charge in [0.1, 0.15) is 5.82 Å². The van der Waals surface area contributed by atoms with Gasteiger partial charge in [-0.3, -0.25) is 0 Å². The monoisotopic (exact) mass is 249 g/mol. The second-order valence-corrected chi connectivity index (χ2v) is 5.36. The molecule has 2 N–H and O–H groups in total. The van der Waals surface area contributed by atoms with Crippen molar-refractivity contribution in [3.05, 3.63) is 22.9 Å². The van der Waals surface area contributed by atoms with Crippen LogP contribution < -0.4 is 10.6 Å². The first kappa shape index (κ1) is 15.0. The minimum absolute atomic E-state index is 0.677. The van der Waals surface area contributed by atoms with E-state index in [-0.39, 0.29) is 0 Å². The zero-order valence-corrected chi connectivity index (χ0v) is 12.4. The number of nitrogens with zero attached hydrogens (tertiary/aromatic N) is 1. The van der Waals surface area contributed by atoms with E-state index in [9.17, 15) is 0 Å². The van der Waals surface area contributed by atoms with Crippen molar-refractivity contribution >= 4 is 5.82 Å². The molecule has 0 aromatic carbocycles. The van der Waals surface area contributed by atoms with E-state index in [2.05, 4.69) is 56.3 Å². The van der Waals surface area contributed by atoms with Crippen molar-refractivity contribution in [1.82, 2.24) is 10.3 Å². The molecule has 0 radical (unpaired) electrons. The Morgan fingerprint density at radius 3 is 2.61 bits per heavy atom. The van der Waals surface area contributed by atoms with E-state index in [0.29, 0.717) is 5.92 Å². The van der Waals surface area contributed by atoms with Gasteiger partial charge in [0.25, 0.3) is 0 Å². The van der Waals surface area contributed by atoms with Crippen LogP contribution in [0.15, 0.2) is 6.07 Å². The molecule has 102 valence electrons. The van der Waals surface area contributed by atoms with E-state index in [1.807, 2.05) is 0 Å². The lowest BCUT2D eigenvalue weighted by atomic mass is 10.1. The molecule has 1 rings (SSSR count). The van der Waals surface area contributed by atoms with E-state index in [1.54, 1.807) is 0 Å². The lowest BCUT2D eigenvalue weighted by molar-refractivity contribution is 0.551. The zero-order chi connectivity index (χ0) is 13.5. The van der Waals surface area contributed by atoms with Crippen molar-refractivity contribution in [3.8, 4) is 0 Å². The van der Waals surface area contributed by atoms with Crippen molar-refractivity contribution < 1.29 is 0 Å². The predicted octanol–water partition coefficient (Wildman–Crippen LogP) is 3.27. The van der Waals surface area contributed by atoms with Crippen LogP contribution in [0.25, 0.3) is 0 Å². The Morgan fingerprint density at radius 2 is 2.00 bits per heavy atom. The summed E-state index contributed by atoms with van der Waals surface area (Å²) in [6.45, 7) is 13.8. The van der Waals surface area contributed by atoms with Gasteiger partial charge in [-0.2, -0.15) is 0 Å². The van der Waals surface area contributed by atoms with Crippen LogP contribution in [0.4, 0.5) is 5.82 Å². The zero-order valence-electron chi connectivity index (χ0n) is 12.4. The molecule has 0 saturated heterocycles. The molecule has 0 saturated carbocycles. The van der Waals surface area contributed by atoms with Gasteiger partial charge < -0.3 is 10.6 Å². The van der Waals surface area contributed by atoms with Crippen LogP contribution >= 0.6 is 0 Å². The Hall–Kier alpha value is -1.09. The van der Waals surface area contributed by atoms with Gasteiger partial charge in [0.05, 0.1) is 0 Å². The van der Waals surface area contributed by atoms with Crippen molar-refractivity contribution in [2.45, 2.75) is 47.6 Å². The fourth-order valence-corrected chi connectivity index (χ4v) is 1.96. The van der Waals surface area contributed by atoms with Crippen LogP contribution in [0.2, 0.25) is 0 Å². The first-order valence-electron chi connectivity index (χ1n) is 6.96. The Balaban J connectivity index is 2.78. The minimum atomic E-state index is 0.677. The summed E-state index contributed by atoms with van der Waals surface area (Å²) in [5.74, 6) is 1.72. The molecule has 0 aliphatic heterocycles. The Bertz CT molecular complexity index is 372. The Kier molecular flexibility index (Phi) is 6.13. The number of aryl methyl sites for hydroxylation is 2. The highest BCUT2D eigenvalue weighted by Gasteiger charge is 2.08. The largest absolute Gasteiger partial charge is 0.370 e. The fourth-order valence-electron chi connectivity index (χ4n) is 1.96. The number of rotatable bonds is 7. The number of pyridine rings is 1. The van der Waals surface area contributed by atoms with Gasteiger partial charge in [-0.15, -0.1) is 0 Å². The first-order valence-corrected chi connectivity index (χ1v) is 6.96. The minimum Gasteiger partial charge on any atom is -0.370 e. The summed E-state index contributed by atoms with van der Waals surface area (Å²) < 4.78 is 0. The average molecular weight is 249 g/mol. The Morgan fingerprint density at radius 1 is 1.28 bits per heavy atom.